The van der Waals surface area contributed by atoms with Gasteiger partial charge in [0.25, 0.3) is 0 Å². The highest BCUT2D eigenvalue weighted by atomic mass is 16.4. The number of nitrogens with zero attached hydrogens (tertiary/aromatic N) is 1. The van der Waals surface area contributed by atoms with Crippen molar-refractivity contribution in [2.24, 2.45) is 4.99 Å². The van der Waals surface area contributed by atoms with Crippen molar-refractivity contribution >= 4 is 34.7 Å². The molecule has 28 heavy (non-hydrogen) atoms. The molecule has 2 heterocycles. The molecule has 3 N–H and O–H groups in total. The Kier molecular flexibility index (Phi) is 3.23. The van der Waals surface area contributed by atoms with Crippen LogP contribution in [0.3, 0.4) is 0 Å². The number of H-pyrrole nitrogens is 1. The molecule has 1 unspecified atom stereocenters. The van der Waals surface area contributed by atoms with E-state index in [-0.39, 0.29) is 5.69 Å². The van der Waals surface area contributed by atoms with Gasteiger partial charge in [-0.3, -0.25) is 4.99 Å². The monoisotopic (exact) mass is 368 g/mol. The van der Waals surface area contributed by atoms with Gasteiger partial charge in [-0.25, -0.2) is 0 Å². The molecule has 0 fully saturated rings. The topological polar surface area (TPSA) is 94.3 Å². The number of allylic oxidation sites excluding steroid dienone is 1. The van der Waals surface area contributed by atoms with E-state index in [1.165, 1.54) is 0 Å². The van der Waals surface area contributed by atoms with E-state index in [1.807, 2.05) is 54.6 Å². The van der Waals surface area contributed by atoms with E-state index in [4.69, 9.17) is 10.7 Å². The smallest absolute Gasteiger partial charge is 0.0881 e. The summed E-state index contributed by atoms with van der Waals surface area (Å²) in [6.45, 7) is 3.87. The van der Waals surface area contributed by atoms with Crippen LogP contribution in [0.2, 0.25) is 0 Å². The Labute approximate surface area is 162 Å². The summed E-state index contributed by atoms with van der Waals surface area (Å²) in [5, 5.41) is 11.7. The van der Waals surface area contributed by atoms with Crippen LogP contribution < -0.4 is 10.8 Å². The van der Waals surface area contributed by atoms with Crippen molar-refractivity contribution in [3.63, 3.8) is 0 Å². The fraction of sp³-hybridized carbons (Fsp3) is 0.130. The average molecular weight is 368 g/mol. The molecule has 1 aromatic heterocycles. The van der Waals surface area contributed by atoms with Crippen LogP contribution in [0.25, 0.3) is 11.6 Å². The fourth-order valence-electron chi connectivity index (χ4n) is 4.69. The number of para-hydroxylation sites is 2. The second-order valence-electron chi connectivity index (χ2n) is 7.45. The van der Waals surface area contributed by atoms with Gasteiger partial charge in [0.2, 0.25) is 0 Å². The van der Waals surface area contributed by atoms with Crippen molar-refractivity contribution in [1.82, 2.24) is 4.98 Å². The summed E-state index contributed by atoms with van der Waals surface area (Å²) in [7, 11) is 0. The standard InChI is InChI=1S/C23H19N3O2/c1-12-19-18(25-20(12)22(27)28)11-14-13-7-3-6-10-17(13)26-21(14)23(19,2)15-8-4-5-9-16(15)24/h3-11,25H,24H2,1-2H3,(H,27,28)/p-1. The first-order chi connectivity index (χ1) is 13.4. The molecule has 1 aliphatic carbocycles. The number of carbonyl (C=O) groups excluding carboxylic acids is 1. The summed E-state index contributed by atoms with van der Waals surface area (Å²) < 4.78 is 0. The van der Waals surface area contributed by atoms with Gasteiger partial charge in [-0.2, -0.15) is 0 Å². The third kappa shape index (κ3) is 1.96. The number of anilines is 1. The molecule has 1 aliphatic heterocycles. The van der Waals surface area contributed by atoms with Crippen LogP contribution in [-0.2, 0) is 5.41 Å². The lowest BCUT2D eigenvalue weighted by atomic mass is 9.65. The van der Waals surface area contributed by atoms with E-state index in [2.05, 4.69) is 11.9 Å². The van der Waals surface area contributed by atoms with E-state index in [1.54, 1.807) is 6.92 Å². The fourth-order valence-corrected chi connectivity index (χ4v) is 4.69. The van der Waals surface area contributed by atoms with E-state index in [0.717, 1.165) is 39.4 Å². The molecule has 0 saturated heterocycles. The van der Waals surface area contributed by atoms with Gasteiger partial charge < -0.3 is 20.6 Å². The summed E-state index contributed by atoms with van der Waals surface area (Å²) in [4.78, 5) is 19.7. The van der Waals surface area contributed by atoms with E-state index >= 15 is 0 Å². The number of carboxylic acid groups (broad SMARTS) is 1. The number of carbonyl (C=O) groups is 1. The van der Waals surface area contributed by atoms with Crippen LogP contribution in [0, 0.1) is 6.92 Å². The van der Waals surface area contributed by atoms with Gasteiger partial charge in [0, 0.05) is 22.5 Å². The Morgan fingerprint density at radius 3 is 2.61 bits per heavy atom. The highest BCUT2D eigenvalue weighted by Gasteiger charge is 2.46. The Morgan fingerprint density at radius 1 is 1.14 bits per heavy atom. The summed E-state index contributed by atoms with van der Waals surface area (Å²) in [5.41, 5.74) is 13.4. The third-order valence-corrected chi connectivity index (χ3v) is 5.93. The first kappa shape index (κ1) is 16.6. The molecule has 0 amide bonds. The molecular formula is C23H18N3O2-. The maximum absolute atomic E-state index is 11.7. The summed E-state index contributed by atoms with van der Waals surface area (Å²) >= 11 is 0. The average Bonchev–Trinajstić information content (AvgIpc) is 3.21. The Bertz CT molecular complexity index is 1230. The number of aliphatic imine (C=N–C) groups is 1. The van der Waals surface area contributed by atoms with Gasteiger partial charge in [-0.15, -0.1) is 0 Å². The Balaban J connectivity index is 1.90. The van der Waals surface area contributed by atoms with Crippen LogP contribution in [0.5, 0.6) is 0 Å². The quantitative estimate of drug-likeness (QED) is 0.680. The van der Waals surface area contributed by atoms with Crippen LogP contribution in [-0.4, -0.2) is 16.7 Å². The normalized spacial score (nSPS) is 19.4. The minimum absolute atomic E-state index is 0.0939. The van der Waals surface area contributed by atoms with Crippen LogP contribution in [0.15, 0.2) is 53.5 Å². The van der Waals surface area contributed by atoms with Crippen molar-refractivity contribution < 1.29 is 9.90 Å². The van der Waals surface area contributed by atoms with Crippen molar-refractivity contribution in [2.45, 2.75) is 19.3 Å². The molecule has 0 bridgehead atoms. The predicted molar refractivity (Wildman–Crippen MR) is 109 cm³/mol. The van der Waals surface area contributed by atoms with Gasteiger partial charge >= 0.3 is 0 Å². The number of aromatic nitrogens is 1. The number of benzene rings is 2. The van der Waals surface area contributed by atoms with Gasteiger partial charge in [0.05, 0.1) is 28.5 Å². The number of hydrogen-bond donors (Lipinski definition) is 2. The third-order valence-electron chi connectivity index (χ3n) is 5.93. The molecule has 0 radical (unpaired) electrons. The molecule has 5 nitrogen and oxygen atoms in total. The lowest BCUT2D eigenvalue weighted by Gasteiger charge is -2.36. The number of nitrogen functional groups attached to an aromatic ring is 1. The van der Waals surface area contributed by atoms with Gasteiger partial charge in [-0.1, -0.05) is 36.4 Å². The molecule has 2 aromatic carbocycles. The van der Waals surface area contributed by atoms with Crippen molar-refractivity contribution in [1.29, 1.82) is 0 Å². The first-order valence-corrected chi connectivity index (χ1v) is 9.13. The lowest BCUT2D eigenvalue weighted by Crippen LogP contribution is -2.37. The minimum Gasteiger partial charge on any atom is -0.543 e. The number of hydrogen-bond acceptors (Lipinski definition) is 4. The number of fused-ring (bicyclic) bond motifs is 4. The molecule has 138 valence electrons. The van der Waals surface area contributed by atoms with E-state index in [9.17, 15) is 9.90 Å². The predicted octanol–water partition coefficient (Wildman–Crippen LogP) is 3.22. The first-order valence-electron chi connectivity index (χ1n) is 9.13. The zero-order valence-corrected chi connectivity index (χ0v) is 15.5. The number of aromatic carboxylic acids is 1. The van der Waals surface area contributed by atoms with Crippen LogP contribution in [0.4, 0.5) is 11.4 Å². The second-order valence-corrected chi connectivity index (χ2v) is 7.45. The molecule has 5 rings (SSSR count). The summed E-state index contributed by atoms with van der Waals surface area (Å²) in [5.74, 6) is -1.22. The second kappa shape index (κ2) is 5.45. The highest BCUT2D eigenvalue weighted by Crippen LogP contribution is 2.52. The lowest BCUT2D eigenvalue weighted by molar-refractivity contribution is -0.255. The highest BCUT2D eigenvalue weighted by molar-refractivity contribution is 6.38. The Morgan fingerprint density at radius 2 is 1.86 bits per heavy atom. The number of rotatable bonds is 2. The number of nitrogens with one attached hydrogen (secondary N) is 1. The van der Waals surface area contributed by atoms with Crippen molar-refractivity contribution in [3.05, 3.63) is 82.2 Å². The zero-order valence-electron chi connectivity index (χ0n) is 15.5. The summed E-state index contributed by atoms with van der Waals surface area (Å²) in [6, 6.07) is 15.7. The molecule has 0 spiro atoms. The number of aromatic amines is 1. The van der Waals surface area contributed by atoms with Crippen molar-refractivity contribution in [3.8, 4) is 0 Å². The Hall–Kier alpha value is -3.60. The summed E-state index contributed by atoms with van der Waals surface area (Å²) in [6.07, 6.45) is 1.99. The maximum Gasteiger partial charge on any atom is 0.0881 e. The number of nitrogens with two attached hydrogens (primary N) is 1. The van der Waals surface area contributed by atoms with Gasteiger partial charge in [0.15, 0.2) is 0 Å². The molecular weight excluding hydrogens is 350 g/mol. The van der Waals surface area contributed by atoms with Crippen LogP contribution >= 0.6 is 0 Å². The van der Waals surface area contributed by atoms with E-state index in [0.29, 0.717) is 11.3 Å². The van der Waals surface area contributed by atoms with Gasteiger partial charge in [0.1, 0.15) is 0 Å². The molecule has 5 heteroatoms. The molecule has 0 saturated carbocycles. The zero-order chi connectivity index (χ0) is 19.6. The van der Waals surface area contributed by atoms with Gasteiger partial charge in [-0.05, 0) is 48.7 Å². The molecule has 3 aromatic rings. The minimum atomic E-state index is -1.22. The van der Waals surface area contributed by atoms with Crippen molar-refractivity contribution in [2.75, 3.05) is 5.73 Å². The van der Waals surface area contributed by atoms with E-state index < -0.39 is 11.4 Å². The largest absolute Gasteiger partial charge is 0.543 e. The number of carboxylic acids is 1. The molecule has 2 aliphatic rings. The maximum atomic E-state index is 11.7. The van der Waals surface area contributed by atoms with Crippen LogP contribution in [0.1, 0.15) is 45.4 Å². The molecule has 1 atom stereocenters. The SMILES string of the molecule is Cc1c(C(=O)[O-])[nH]c2c1C(C)(c1ccccc1N)C1=Nc3ccccc3C1=C2.